The van der Waals surface area contributed by atoms with Gasteiger partial charge in [0.1, 0.15) is 0 Å². The highest BCUT2D eigenvalue weighted by atomic mass is 16.5. The Hall–Kier alpha value is -1.20. The minimum absolute atomic E-state index is 0.105. The number of methoxy groups -OCH3 is 1. The molecule has 1 heterocycles. The summed E-state index contributed by atoms with van der Waals surface area (Å²) in [5, 5.41) is 8.17. The maximum absolute atomic E-state index is 5.66. The van der Waals surface area contributed by atoms with E-state index in [1.807, 2.05) is 12.1 Å². The molecule has 5 heteroatoms. The number of nitrogens with zero attached hydrogens (tertiary/aromatic N) is 2. The van der Waals surface area contributed by atoms with Gasteiger partial charge in [0.05, 0.1) is 18.8 Å². The van der Waals surface area contributed by atoms with E-state index in [2.05, 4.69) is 15.6 Å². The van der Waals surface area contributed by atoms with E-state index in [0.717, 1.165) is 5.69 Å². The van der Waals surface area contributed by atoms with Crippen LogP contribution in [0, 0.1) is 5.92 Å². The molecule has 0 amide bonds. The maximum Gasteiger partial charge on any atom is 0.233 e. The summed E-state index contributed by atoms with van der Waals surface area (Å²) < 4.78 is 5.00. The van der Waals surface area contributed by atoms with Gasteiger partial charge >= 0.3 is 0 Å². The van der Waals surface area contributed by atoms with Crippen LogP contribution in [0.25, 0.3) is 0 Å². The minimum Gasteiger partial charge on any atom is -0.480 e. The molecule has 2 rings (SSSR count). The highest BCUT2D eigenvalue weighted by molar-refractivity contribution is 5.14. The zero-order valence-electron chi connectivity index (χ0n) is 10.2. The van der Waals surface area contributed by atoms with Crippen molar-refractivity contribution in [3.05, 3.63) is 17.8 Å². The van der Waals surface area contributed by atoms with Crippen LogP contribution in [0.2, 0.25) is 0 Å². The lowest BCUT2D eigenvalue weighted by atomic mass is 9.83. The lowest BCUT2D eigenvalue weighted by Crippen LogP contribution is -2.35. The third kappa shape index (κ3) is 2.92. The first-order valence-corrected chi connectivity index (χ1v) is 6.19. The average molecular weight is 236 g/mol. The van der Waals surface area contributed by atoms with Crippen LogP contribution in [0.5, 0.6) is 5.88 Å². The molecule has 0 aromatic carbocycles. The molecule has 1 fully saturated rings. The predicted molar refractivity (Wildman–Crippen MR) is 65.2 cm³/mol. The molecule has 1 aromatic heterocycles. The first-order valence-electron chi connectivity index (χ1n) is 6.19. The molecule has 0 aliphatic heterocycles. The second kappa shape index (κ2) is 5.93. The summed E-state index contributed by atoms with van der Waals surface area (Å²) in [7, 11) is 1.59. The van der Waals surface area contributed by atoms with E-state index in [0.29, 0.717) is 11.8 Å². The summed E-state index contributed by atoms with van der Waals surface area (Å²) in [6, 6.07) is 3.87. The topological polar surface area (TPSA) is 73.1 Å². The van der Waals surface area contributed by atoms with Crippen molar-refractivity contribution in [1.29, 1.82) is 0 Å². The Morgan fingerprint density at radius 1 is 1.29 bits per heavy atom. The molecular weight excluding hydrogens is 216 g/mol. The SMILES string of the molecule is COc1ccc(C(NN)C2CCCCC2)nn1. The number of hydrogen-bond donors (Lipinski definition) is 2. The number of nitrogens with one attached hydrogen (secondary N) is 1. The first-order chi connectivity index (χ1) is 8.35. The molecule has 94 valence electrons. The van der Waals surface area contributed by atoms with Crippen LogP contribution >= 0.6 is 0 Å². The minimum atomic E-state index is 0.105. The molecule has 0 bridgehead atoms. The molecule has 5 nitrogen and oxygen atoms in total. The van der Waals surface area contributed by atoms with Gasteiger partial charge in [-0.3, -0.25) is 11.3 Å². The molecule has 3 N–H and O–H groups in total. The number of nitrogens with two attached hydrogens (primary N) is 1. The summed E-state index contributed by atoms with van der Waals surface area (Å²) in [5.41, 5.74) is 3.79. The van der Waals surface area contributed by atoms with E-state index in [4.69, 9.17) is 10.6 Å². The highest BCUT2D eigenvalue weighted by Crippen LogP contribution is 2.33. The summed E-state index contributed by atoms with van der Waals surface area (Å²) in [6.07, 6.45) is 6.33. The van der Waals surface area contributed by atoms with Gasteiger partial charge in [0, 0.05) is 6.07 Å². The Labute approximate surface area is 102 Å². The Balaban J connectivity index is 2.10. The third-order valence-electron chi connectivity index (χ3n) is 3.49. The molecule has 1 aliphatic carbocycles. The van der Waals surface area contributed by atoms with Crippen molar-refractivity contribution in [3.8, 4) is 5.88 Å². The maximum atomic E-state index is 5.66. The summed E-state index contributed by atoms with van der Waals surface area (Å²) in [5.74, 6) is 6.76. The number of hydrazine groups is 1. The molecule has 0 saturated heterocycles. The summed E-state index contributed by atoms with van der Waals surface area (Å²) in [6.45, 7) is 0. The van der Waals surface area contributed by atoms with Crippen LogP contribution in [0.1, 0.15) is 43.8 Å². The molecule has 1 unspecified atom stereocenters. The van der Waals surface area contributed by atoms with Gasteiger partial charge in [-0.15, -0.1) is 5.10 Å². The van der Waals surface area contributed by atoms with Gasteiger partial charge in [-0.2, -0.15) is 5.10 Å². The molecule has 0 radical (unpaired) electrons. The van der Waals surface area contributed by atoms with E-state index in [1.165, 1.54) is 32.1 Å². The van der Waals surface area contributed by atoms with Crippen molar-refractivity contribution in [2.24, 2.45) is 11.8 Å². The number of rotatable bonds is 4. The second-order valence-electron chi connectivity index (χ2n) is 4.54. The Morgan fingerprint density at radius 3 is 2.59 bits per heavy atom. The fraction of sp³-hybridized carbons (Fsp3) is 0.667. The molecular formula is C12H20N4O. The predicted octanol–water partition coefficient (Wildman–Crippen LogP) is 1.57. The van der Waals surface area contributed by atoms with E-state index in [1.54, 1.807) is 7.11 Å². The lowest BCUT2D eigenvalue weighted by Gasteiger charge is -2.28. The highest BCUT2D eigenvalue weighted by Gasteiger charge is 2.25. The van der Waals surface area contributed by atoms with Crippen molar-refractivity contribution in [2.45, 2.75) is 38.1 Å². The van der Waals surface area contributed by atoms with Crippen LogP contribution in [-0.4, -0.2) is 17.3 Å². The molecule has 1 aliphatic rings. The van der Waals surface area contributed by atoms with Crippen LogP contribution in [0.15, 0.2) is 12.1 Å². The number of hydrogen-bond acceptors (Lipinski definition) is 5. The van der Waals surface area contributed by atoms with E-state index >= 15 is 0 Å². The van der Waals surface area contributed by atoms with Crippen LogP contribution < -0.4 is 16.0 Å². The molecule has 1 aromatic rings. The second-order valence-corrected chi connectivity index (χ2v) is 4.54. The third-order valence-corrected chi connectivity index (χ3v) is 3.49. The molecule has 17 heavy (non-hydrogen) atoms. The van der Waals surface area contributed by atoms with Crippen molar-refractivity contribution < 1.29 is 4.74 Å². The average Bonchev–Trinajstić information content (AvgIpc) is 2.42. The van der Waals surface area contributed by atoms with Crippen molar-refractivity contribution in [3.63, 3.8) is 0 Å². The van der Waals surface area contributed by atoms with Crippen LogP contribution in [0.3, 0.4) is 0 Å². The molecule has 0 spiro atoms. The molecule has 1 saturated carbocycles. The van der Waals surface area contributed by atoms with Crippen LogP contribution in [-0.2, 0) is 0 Å². The number of ether oxygens (including phenoxy) is 1. The zero-order valence-corrected chi connectivity index (χ0v) is 10.2. The first kappa shape index (κ1) is 12.3. The molecule has 1 atom stereocenters. The van der Waals surface area contributed by atoms with Crippen molar-refractivity contribution in [1.82, 2.24) is 15.6 Å². The van der Waals surface area contributed by atoms with Gasteiger partial charge in [0.2, 0.25) is 5.88 Å². The fourth-order valence-corrected chi connectivity index (χ4v) is 2.54. The Kier molecular flexibility index (Phi) is 4.28. The van der Waals surface area contributed by atoms with Crippen molar-refractivity contribution >= 4 is 0 Å². The van der Waals surface area contributed by atoms with Gasteiger partial charge in [0.15, 0.2) is 0 Å². The van der Waals surface area contributed by atoms with E-state index in [9.17, 15) is 0 Å². The lowest BCUT2D eigenvalue weighted by molar-refractivity contribution is 0.267. The Bertz CT molecular complexity index is 335. The fourth-order valence-electron chi connectivity index (χ4n) is 2.54. The standard InChI is InChI=1S/C12H20N4O/c1-17-11-8-7-10(15-16-11)12(14-13)9-5-3-2-4-6-9/h7-9,12,14H,2-6,13H2,1H3. The zero-order chi connectivity index (χ0) is 12.1. The van der Waals surface area contributed by atoms with Gasteiger partial charge in [-0.05, 0) is 24.8 Å². The van der Waals surface area contributed by atoms with Crippen LogP contribution in [0.4, 0.5) is 0 Å². The van der Waals surface area contributed by atoms with Gasteiger partial charge in [0.25, 0.3) is 0 Å². The van der Waals surface area contributed by atoms with E-state index < -0.39 is 0 Å². The van der Waals surface area contributed by atoms with Gasteiger partial charge < -0.3 is 4.74 Å². The smallest absolute Gasteiger partial charge is 0.233 e. The quantitative estimate of drug-likeness (QED) is 0.613. The van der Waals surface area contributed by atoms with Gasteiger partial charge in [-0.1, -0.05) is 19.3 Å². The van der Waals surface area contributed by atoms with E-state index in [-0.39, 0.29) is 6.04 Å². The Morgan fingerprint density at radius 2 is 2.06 bits per heavy atom. The summed E-state index contributed by atoms with van der Waals surface area (Å²) >= 11 is 0. The van der Waals surface area contributed by atoms with Gasteiger partial charge in [-0.25, -0.2) is 0 Å². The normalized spacial score (nSPS) is 18.9. The van der Waals surface area contributed by atoms with Crippen molar-refractivity contribution in [2.75, 3.05) is 7.11 Å². The summed E-state index contributed by atoms with van der Waals surface area (Å²) in [4.78, 5) is 0. The largest absolute Gasteiger partial charge is 0.480 e. The number of aromatic nitrogens is 2. The monoisotopic (exact) mass is 236 g/mol.